The molecule has 32 heavy (non-hydrogen) atoms. The predicted molar refractivity (Wildman–Crippen MR) is 129 cm³/mol. The molecule has 0 bridgehead atoms. The zero-order valence-corrected chi connectivity index (χ0v) is 18.8. The van der Waals surface area contributed by atoms with Crippen molar-refractivity contribution in [3.8, 4) is 28.7 Å². The number of rotatable bonds is 4. The quantitative estimate of drug-likeness (QED) is 0.338. The van der Waals surface area contributed by atoms with Crippen LogP contribution in [0.15, 0.2) is 60.7 Å². The van der Waals surface area contributed by atoms with E-state index in [-0.39, 0.29) is 10.3 Å². The van der Waals surface area contributed by atoms with Gasteiger partial charge >= 0.3 is 5.97 Å². The molecule has 0 amide bonds. The number of thiophene rings is 1. The van der Waals surface area contributed by atoms with E-state index >= 15 is 0 Å². The molecule has 4 rings (SSSR count). The number of carboxylic acids is 1. The molecule has 3 N–H and O–H groups in total. The Morgan fingerprint density at radius 1 is 1.00 bits per heavy atom. The van der Waals surface area contributed by atoms with Crippen LogP contribution in [-0.4, -0.2) is 11.1 Å². The van der Waals surface area contributed by atoms with Crippen molar-refractivity contribution in [3.63, 3.8) is 0 Å². The van der Waals surface area contributed by atoms with E-state index in [2.05, 4.69) is 26.8 Å². The summed E-state index contributed by atoms with van der Waals surface area (Å²) in [7, 11) is 0. The number of carboxylic acid groups (broad SMARTS) is 1. The lowest BCUT2D eigenvalue weighted by Crippen LogP contribution is -2.07. The zero-order chi connectivity index (χ0) is 23.0. The van der Waals surface area contributed by atoms with Gasteiger partial charge in [0, 0.05) is 21.7 Å². The van der Waals surface area contributed by atoms with Crippen molar-refractivity contribution in [2.45, 2.75) is 26.2 Å². The summed E-state index contributed by atoms with van der Waals surface area (Å²) >= 11 is 1.27. The average Bonchev–Trinajstić information content (AvgIpc) is 3.21. The third-order valence-electron chi connectivity index (χ3n) is 5.13. The lowest BCUT2D eigenvalue weighted by Gasteiger charge is -2.15. The number of carbonyl (C=O) groups is 1. The van der Waals surface area contributed by atoms with E-state index in [0.29, 0.717) is 33.9 Å². The molecule has 1 heterocycles. The fourth-order valence-corrected chi connectivity index (χ4v) is 4.52. The van der Waals surface area contributed by atoms with E-state index in [9.17, 15) is 9.90 Å². The van der Waals surface area contributed by atoms with Crippen LogP contribution in [0.3, 0.4) is 0 Å². The van der Waals surface area contributed by atoms with Gasteiger partial charge in [0.1, 0.15) is 16.4 Å². The number of hydrogen-bond donors (Lipinski definition) is 2. The molecule has 3 aromatic carbocycles. The van der Waals surface area contributed by atoms with Gasteiger partial charge in [0.15, 0.2) is 0 Å². The number of nitrogens with zero attached hydrogens (tertiary/aromatic N) is 1. The number of benzene rings is 3. The van der Waals surface area contributed by atoms with Gasteiger partial charge in [0.2, 0.25) is 0 Å². The molecule has 0 fully saturated rings. The molecule has 0 atom stereocenters. The third kappa shape index (κ3) is 4.16. The van der Waals surface area contributed by atoms with Crippen LogP contribution in [0.25, 0.3) is 21.9 Å². The summed E-state index contributed by atoms with van der Waals surface area (Å²) in [5, 5.41) is 20.8. The summed E-state index contributed by atoms with van der Waals surface area (Å²) in [5.74, 6) is 0.150. The highest BCUT2D eigenvalue weighted by atomic mass is 32.1. The van der Waals surface area contributed by atoms with Gasteiger partial charge in [0.25, 0.3) is 0 Å². The minimum atomic E-state index is -0.979. The Labute approximate surface area is 190 Å². The molecule has 0 aliphatic heterocycles. The van der Waals surface area contributed by atoms with Crippen LogP contribution in [0, 0.1) is 11.3 Å². The van der Waals surface area contributed by atoms with Gasteiger partial charge in [-0.25, -0.2) is 4.79 Å². The van der Waals surface area contributed by atoms with Crippen LogP contribution in [0.2, 0.25) is 0 Å². The van der Waals surface area contributed by atoms with E-state index in [1.807, 2.05) is 36.4 Å². The maximum atomic E-state index is 12.0. The molecule has 1 aromatic heterocycles. The number of fused-ring (bicyclic) bond motifs is 1. The first-order valence-corrected chi connectivity index (χ1v) is 10.9. The summed E-state index contributed by atoms with van der Waals surface area (Å²) in [6.07, 6.45) is 0. The minimum absolute atomic E-state index is 0.185. The lowest BCUT2D eigenvalue weighted by molar-refractivity contribution is 0.0703. The molecule has 0 spiro atoms. The lowest BCUT2D eigenvalue weighted by atomic mass is 9.93. The maximum Gasteiger partial charge on any atom is 0.346 e. The van der Waals surface area contributed by atoms with Crippen molar-refractivity contribution in [2.24, 2.45) is 0 Å². The van der Waals surface area contributed by atoms with Crippen molar-refractivity contribution >= 4 is 33.8 Å². The van der Waals surface area contributed by atoms with Crippen LogP contribution in [0.5, 0.6) is 11.5 Å². The molecule has 4 aromatic rings. The molecular weight excluding hydrogens is 420 g/mol. The number of ether oxygens (including phenoxy) is 1. The second-order valence-electron chi connectivity index (χ2n) is 8.60. The zero-order valence-electron chi connectivity index (χ0n) is 18.0. The Morgan fingerprint density at radius 2 is 1.72 bits per heavy atom. The molecule has 0 aliphatic rings. The van der Waals surface area contributed by atoms with Crippen molar-refractivity contribution < 1.29 is 14.6 Å². The summed E-state index contributed by atoms with van der Waals surface area (Å²) in [5.41, 5.74) is 8.21. The van der Waals surface area contributed by atoms with Crippen LogP contribution in [0.1, 0.15) is 40.9 Å². The molecule has 0 saturated heterocycles. The van der Waals surface area contributed by atoms with Crippen LogP contribution < -0.4 is 10.5 Å². The summed E-state index contributed by atoms with van der Waals surface area (Å²) < 4.78 is 6.20. The maximum absolute atomic E-state index is 12.0. The number of aromatic carboxylic acids is 1. The highest BCUT2D eigenvalue weighted by molar-refractivity contribution is 7.14. The normalized spacial score (nSPS) is 11.3. The second kappa shape index (κ2) is 8.03. The molecule has 6 heteroatoms. The number of nitriles is 1. The molecule has 0 saturated carbocycles. The number of nitrogen functional groups attached to an aromatic ring is 1. The van der Waals surface area contributed by atoms with E-state index in [1.54, 1.807) is 24.3 Å². The Hall–Kier alpha value is -3.82. The van der Waals surface area contributed by atoms with Crippen LogP contribution in [-0.2, 0) is 5.41 Å². The largest absolute Gasteiger partial charge is 0.477 e. The minimum Gasteiger partial charge on any atom is -0.477 e. The molecule has 160 valence electrons. The first-order valence-electron chi connectivity index (χ1n) is 10.0. The molecule has 0 aliphatic carbocycles. The van der Waals surface area contributed by atoms with Gasteiger partial charge in [-0.2, -0.15) is 5.26 Å². The van der Waals surface area contributed by atoms with Crippen molar-refractivity contribution in [3.05, 3.63) is 76.0 Å². The standard InChI is InChI=1S/C26H22N2O3S/c1-26(2,3)23-13-21(24(32-23)25(29)30)20-12-18(28)7-9-22(20)31-19-8-6-16-10-15(14-27)4-5-17(16)11-19/h4-13H,28H2,1-3H3,(H,29,30). The summed E-state index contributed by atoms with van der Waals surface area (Å²) in [4.78, 5) is 13.2. The topological polar surface area (TPSA) is 96.3 Å². The van der Waals surface area contributed by atoms with Crippen molar-refractivity contribution in [1.29, 1.82) is 5.26 Å². The summed E-state index contributed by atoms with van der Waals surface area (Å²) in [6, 6.07) is 20.4. The number of hydrogen-bond acceptors (Lipinski definition) is 5. The van der Waals surface area contributed by atoms with E-state index in [1.165, 1.54) is 11.3 Å². The smallest absolute Gasteiger partial charge is 0.346 e. The van der Waals surface area contributed by atoms with Gasteiger partial charge in [-0.1, -0.05) is 32.9 Å². The van der Waals surface area contributed by atoms with Gasteiger partial charge in [-0.15, -0.1) is 11.3 Å². The molecule has 0 unspecified atom stereocenters. The second-order valence-corrected chi connectivity index (χ2v) is 9.65. The summed E-state index contributed by atoms with van der Waals surface area (Å²) in [6.45, 7) is 6.16. The first-order chi connectivity index (χ1) is 15.2. The average molecular weight is 443 g/mol. The Kier molecular flexibility index (Phi) is 5.37. The number of anilines is 1. The van der Waals surface area contributed by atoms with Gasteiger partial charge in [-0.3, -0.25) is 0 Å². The van der Waals surface area contributed by atoms with Crippen molar-refractivity contribution in [1.82, 2.24) is 0 Å². The first kappa shape index (κ1) is 21.4. The highest BCUT2D eigenvalue weighted by Crippen LogP contribution is 2.43. The van der Waals surface area contributed by atoms with Gasteiger partial charge in [-0.05, 0) is 64.7 Å². The third-order valence-corrected chi connectivity index (χ3v) is 6.68. The van der Waals surface area contributed by atoms with Crippen LogP contribution >= 0.6 is 11.3 Å². The molecule has 0 radical (unpaired) electrons. The molecule has 5 nitrogen and oxygen atoms in total. The Balaban J connectivity index is 1.80. The Morgan fingerprint density at radius 3 is 2.41 bits per heavy atom. The van der Waals surface area contributed by atoms with E-state index < -0.39 is 5.97 Å². The van der Waals surface area contributed by atoms with E-state index in [4.69, 9.17) is 15.7 Å². The van der Waals surface area contributed by atoms with Crippen LogP contribution in [0.4, 0.5) is 5.69 Å². The molecular formula is C26H22N2O3S. The monoisotopic (exact) mass is 442 g/mol. The SMILES string of the molecule is CC(C)(C)c1cc(-c2cc(N)ccc2Oc2ccc3cc(C#N)ccc3c2)c(C(=O)O)s1. The highest BCUT2D eigenvalue weighted by Gasteiger charge is 2.25. The fourth-order valence-electron chi connectivity index (χ4n) is 3.45. The Bertz CT molecular complexity index is 1390. The van der Waals surface area contributed by atoms with Gasteiger partial charge in [0.05, 0.1) is 11.6 Å². The predicted octanol–water partition coefficient (Wildman–Crippen LogP) is 6.81. The number of nitrogens with two attached hydrogens (primary N) is 1. The fraction of sp³-hybridized carbons (Fsp3) is 0.154. The van der Waals surface area contributed by atoms with E-state index in [0.717, 1.165) is 15.6 Å². The van der Waals surface area contributed by atoms with Crippen molar-refractivity contribution in [2.75, 3.05) is 5.73 Å². The van der Waals surface area contributed by atoms with Gasteiger partial charge < -0.3 is 15.6 Å².